The molecule has 0 saturated heterocycles. The lowest BCUT2D eigenvalue weighted by molar-refractivity contribution is 0.591. The highest BCUT2D eigenvalue weighted by atomic mass is 32.1. The molecule has 0 N–H and O–H groups in total. The molecule has 0 radical (unpaired) electrons. The predicted molar refractivity (Wildman–Crippen MR) is 275 cm³/mol. The van der Waals surface area contributed by atoms with Gasteiger partial charge in [0.25, 0.3) is 0 Å². The minimum absolute atomic E-state index is 0.0352. The summed E-state index contributed by atoms with van der Waals surface area (Å²) in [7, 11) is 0. The molecule has 0 atom stereocenters. The molecule has 0 saturated carbocycles. The van der Waals surface area contributed by atoms with Crippen LogP contribution in [0.25, 0.3) is 81.0 Å². The number of benzene rings is 9. The molecule has 1 aliphatic rings. The van der Waals surface area contributed by atoms with Gasteiger partial charge in [0.05, 0.1) is 11.0 Å². The average Bonchev–Trinajstić information content (AvgIpc) is 3.93. The Balaban J connectivity index is 1.11. The molecule has 0 aliphatic heterocycles. The third-order valence-electron chi connectivity index (χ3n) is 13.7. The van der Waals surface area contributed by atoms with E-state index in [1.54, 1.807) is 0 Å². The van der Waals surface area contributed by atoms with Gasteiger partial charge in [-0.25, -0.2) is 0 Å². The Morgan fingerprint density at radius 3 is 1.89 bits per heavy atom. The predicted octanol–water partition coefficient (Wildman–Crippen LogP) is 17.6. The second kappa shape index (κ2) is 14.4. The van der Waals surface area contributed by atoms with Crippen molar-refractivity contribution in [1.29, 1.82) is 0 Å². The van der Waals surface area contributed by atoms with Crippen LogP contribution >= 0.6 is 11.3 Å². The van der Waals surface area contributed by atoms with Crippen LogP contribution in [-0.4, -0.2) is 4.57 Å². The topological polar surface area (TPSA) is 8.17 Å². The van der Waals surface area contributed by atoms with Crippen LogP contribution < -0.4 is 4.90 Å². The molecular weight excluding hydrogens is 793 g/mol. The Kier molecular flexibility index (Phi) is 8.67. The van der Waals surface area contributed by atoms with E-state index >= 15 is 0 Å². The van der Waals surface area contributed by atoms with Gasteiger partial charge < -0.3 is 9.47 Å². The van der Waals surface area contributed by atoms with Crippen molar-refractivity contribution >= 4 is 70.4 Å². The van der Waals surface area contributed by atoms with E-state index in [-0.39, 0.29) is 10.8 Å². The van der Waals surface area contributed by atoms with E-state index in [1.807, 2.05) is 11.3 Å². The molecule has 64 heavy (non-hydrogen) atoms. The highest BCUT2D eigenvalue weighted by molar-refractivity contribution is 7.25. The summed E-state index contributed by atoms with van der Waals surface area (Å²) in [5, 5.41) is 5.14. The minimum Gasteiger partial charge on any atom is -0.310 e. The van der Waals surface area contributed by atoms with Crippen molar-refractivity contribution in [3.05, 3.63) is 217 Å². The molecule has 11 aromatic rings. The zero-order valence-corrected chi connectivity index (χ0v) is 37.7. The summed E-state index contributed by atoms with van der Waals surface area (Å²) in [6.07, 6.45) is 0. The first-order valence-corrected chi connectivity index (χ1v) is 23.2. The molecule has 0 spiro atoms. The summed E-state index contributed by atoms with van der Waals surface area (Å²) in [4.78, 5) is 2.45. The first-order chi connectivity index (χ1) is 31.1. The lowest BCUT2D eigenvalue weighted by Gasteiger charge is -2.28. The molecule has 2 heterocycles. The van der Waals surface area contributed by atoms with Gasteiger partial charge in [-0.15, -0.1) is 11.3 Å². The number of nitrogens with zero attached hydrogens (tertiary/aromatic N) is 2. The number of anilines is 3. The van der Waals surface area contributed by atoms with Gasteiger partial charge in [0.15, 0.2) is 0 Å². The normalized spacial score (nSPS) is 13.2. The third-order valence-corrected chi connectivity index (χ3v) is 14.9. The van der Waals surface area contributed by atoms with Crippen LogP contribution in [0, 0.1) is 0 Å². The van der Waals surface area contributed by atoms with Gasteiger partial charge in [0, 0.05) is 59.1 Å². The molecule has 0 bridgehead atoms. The summed E-state index contributed by atoms with van der Waals surface area (Å²) < 4.78 is 5.07. The van der Waals surface area contributed by atoms with E-state index in [1.165, 1.54) is 92.0 Å². The van der Waals surface area contributed by atoms with Crippen LogP contribution in [0.3, 0.4) is 0 Å². The maximum absolute atomic E-state index is 2.45. The third kappa shape index (κ3) is 6.13. The van der Waals surface area contributed by atoms with Crippen LogP contribution in [0.5, 0.6) is 0 Å². The van der Waals surface area contributed by atoms with E-state index < -0.39 is 0 Å². The van der Waals surface area contributed by atoms with E-state index in [0.717, 1.165) is 22.7 Å². The average molecular weight is 841 g/mol. The van der Waals surface area contributed by atoms with Crippen molar-refractivity contribution in [2.24, 2.45) is 0 Å². The van der Waals surface area contributed by atoms with Crippen molar-refractivity contribution in [3.63, 3.8) is 0 Å². The van der Waals surface area contributed by atoms with Crippen LogP contribution in [0.1, 0.15) is 51.3 Å². The minimum atomic E-state index is -0.0746. The van der Waals surface area contributed by atoms with Gasteiger partial charge in [-0.3, -0.25) is 0 Å². The van der Waals surface area contributed by atoms with E-state index in [2.05, 4.69) is 244 Å². The lowest BCUT2D eigenvalue weighted by Crippen LogP contribution is -2.15. The summed E-state index contributed by atoms with van der Waals surface area (Å²) >= 11 is 1.87. The largest absolute Gasteiger partial charge is 0.310 e. The molecular formula is C61H48N2S. The smallest absolute Gasteiger partial charge is 0.0547 e. The fraction of sp³-hybridized carbons (Fsp3) is 0.115. The Labute approximate surface area is 379 Å². The number of rotatable bonds is 6. The Morgan fingerprint density at radius 1 is 0.422 bits per heavy atom. The monoisotopic (exact) mass is 840 g/mol. The molecule has 12 rings (SSSR count). The maximum atomic E-state index is 2.45. The Bertz CT molecular complexity index is 3620. The molecule has 2 nitrogen and oxygen atoms in total. The maximum Gasteiger partial charge on any atom is 0.0547 e. The first-order valence-electron chi connectivity index (χ1n) is 22.4. The van der Waals surface area contributed by atoms with Crippen LogP contribution in [0.4, 0.5) is 17.1 Å². The number of thiophene rings is 1. The molecule has 0 fully saturated rings. The van der Waals surface area contributed by atoms with Gasteiger partial charge >= 0.3 is 0 Å². The molecule has 1 aliphatic carbocycles. The summed E-state index contributed by atoms with van der Waals surface area (Å²) in [6, 6.07) is 74.9. The fourth-order valence-electron chi connectivity index (χ4n) is 10.4. The first kappa shape index (κ1) is 38.5. The zero-order chi connectivity index (χ0) is 43.3. The lowest BCUT2D eigenvalue weighted by atomic mass is 9.82. The number of hydrogen-bond acceptors (Lipinski definition) is 2. The van der Waals surface area contributed by atoms with Crippen LogP contribution in [0.15, 0.2) is 200 Å². The highest BCUT2D eigenvalue weighted by Crippen LogP contribution is 2.51. The molecule has 2 aromatic heterocycles. The van der Waals surface area contributed by atoms with Crippen molar-refractivity contribution < 1.29 is 0 Å². The fourth-order valence-corrected chi connectivity index (χ4v) is 11.5. The Morgan fingerprint density at radius 2 is 1.09 bits per heavy atom. The quantitative estimate of drug-likeness (QED) is 0.162. The number of para-hydroxylation sites is 2. The Hall–Kier alpha value is -7.20. The zero-order valence-electron chi connectivity index (χ0n) is 36.9. The SMILES string of the molecule is CC(C)(C)c1ccc2c(c1)c1ccc(-c3cc(-c4ccc5sc6ccccc6c5c4)cc(N(c4ccccc4)c4ccc5c(c4)-c4ccccc4C5(C)C)c3)cc1n2-c1ccccc1. The van der Waals surface area contributed by atoms with Crippen molar-refractivity contribution in [2.45, 2.75) is 45.4 Å². The molecule has 0 amide bonds. The molecule has 0 unspecified atom stereocenters. The van der Waals surface area contributed by atoms with E-state index in [0.29, 0.717) is 0 Å². The molecule has 9 aromatic carbocycles. The number of hydrogen-bond donors (Lipinski definition) is 0. The highest BCUT2D eigenvalue weighted by Gasteiger charge is 2.35. The standard InChI is InChI=1S/C61H48N2S/c1-60(2,3)43-26-30-56-52(37-43)49-28-24-40(36-57(49)63(56)45-18-10-7-11-19-45)42-32-41(39-25-31-59-53(35-39)50-21-13-15-23-58(50)64-59)33-47(34-42)62(44-16-8-6-9-17-44)46-27-29-55-51(38-46)48-20-12-14-22-54(48)61(55,4)5/h6-38H,1-5H3. The van der Waals surface area contributed by atoms with Gasteiger partial charge in [-0.1, -0.05) is 144 Å². The molecule has 3 heteroatoms. The van der Waals surface area contributed by atoms with Crippen LogP contribution in [-0.2, 0) is 10.8 Å². The van der Waals surface area contributed by atoms with Crippen molar-refractivity contribution in [2.75, 3.05) is 4.90 Å². The van der Waals surface area contributed by atoms with Crippen molar-refractivity contribution in [1.82, 2.24) is 4.57 Å². The second-order valence-corrected chi connectivity index (χ2v) is 20.1. The van der Waals surface area contributed by atoms with E-state index in [4.69, 9.17) is 0 Å². The van der Waals surface area contributed by atoms with Gasteiger partial charge in [-0.2, -0.15) is 0 Å². The number of aromatic nitrogens is 1. The van der Waals surface area contributed by atoms with Gasteiger partial charge in [0.1, 0.15) is 0 Å². The number of fused-ring (bicyclic) bond motifs is 9. The van der Waals surface area contributed by atoms with Crippen molar-refractivity contribution in [3.8, 4) is 39.1 Å². The van der Waals surface area contributed by atoms with Gasteiger partial charge in [-0.05, 0) is 146 Å². The summed E-state index contributed by atoms with van der Waals surface area (Å²) in [5.41, 5.74) is 18.3. The summed E-state index contributed by atoms with van der Waals surface area (Å²) in [5.74, 6) is 0. The van der Waals surface area contributed by atoms with Crippen LogP contribution in [0.2, 0.25) is 0 Å². The second-order valence-electron chi connectivity index (χ2n) is 19.0. The van der Waals surface area contributed by atoms with E-state index in [9.17, 15) is 0 Å². The van der Waals surface area contributed by atoms with Gasteiger partial charge in [0.2, 0.25) is 0 Å². The summed E-state index contributed by atoms with van der Waals surface area (Å²) in [6.45, 7) is 11.6. The molecule has 308 valence electrons.